The third-order valence-electron chi connectivity index (χ3n) is 5.88. The summed E-state index contributed by atoms with van der Waals surface area (Å²) in [7, 11) is 1.67. The molecule has 0 spiro atoms. The fraction of sp³-hybridized carbons (Fsp3) is 0.286. The minimum Gasteiger partial charge on any atom is -0.378 e. The second-order valence-corrected chi connectivity index (χ2v) is 9.29. The summed E-state index contributed by atoms with van der Waals surface area (Å²) in [6.45, 7) is 3.21. The number of aryl methyl sites for hydroxylation is 1. The van der Waals surface area contributed by atoms with Crippen molar-refractivity contribution in [2.75, 3.05) is 11.9 Å². The fourth-order valence-corrected chi connectivity index (χ4v) is 4.01. The number of aliphatic hydroxyl groups is 1. The van der Waals surface area contributed by atoms with E-state index in [0.29, 0.717) is 29.5 Å². The Morgan fingerprint density at radius 3 is 2.78 bits per heavy atom. The maximum Gasteiger partial charge on any atom is 0.270 e. The first-order valence-electron chi connectivity index (χ1n) is 11.6. The van der Waals surface area contributed by atoms with Gasteiger partial charge in [0.1, 0.15) is 17.3 Å². The van der Waals surface area contributed by atoms with Crippen LogP contribution in [0.3, 0.4) is 0 Å². The first-order valence-corrected chi connectivity index (χ1v) is 11.6. The van der Waals surface area contributed by atoms with Crippen LogP contribution >= 0.6 is 0 Å². The summed E-state index contributed by atoms with van der Waals surface area (Å²) in [6, 6.07) is 11.5. The molecule has 3 aromatic rings. The van der Waals surface area contributed by atoms with Crippen molar-refractivity contribution in [3.05, 3.63) is 88.8 Å². The average Bonchev–Trinajstić information content (AvgIpc) is 2.96. The van der Waals surface area contributed by atoms with Gasteiger partial charge >= 0.3 is 0 Å². The molecule has 0 radical (unpaired) electrons. The molecule has 2 aromatic heterocycles. The summed E-state index contributed by atoms with van der Waals surface area (Å²) in [5, 5.41) is 12.7. The molecule has 0 bridgehead atoms. The van der Waals surface area contributed by atoms with Crippen LogP contribution in [0.25, 0.3) is 0 Å². The molecule has 1 unspecified atom stereocenters. The molecule has 36 heavy (non-hydrogen) atoms. The number of fused-ring (bicyclic) bond motifs is 1. The van der Waals surface area contributed by atoms with Gasteiger partial charge in [-0.1, -0.05) is 24.0 Å². The number of hydrogen-bond donors (Lipinski definition) is 2. The Balaban J connectivity index is 1.49. The second kappa shape index (κ2) is 10.3. The van der Waals surface area contributed by atoms with Gasteiger partial charge in [-0.15, -0.1) is 0 Å². The van der Waals surface area contributed by atoms with Gasteiger partial charge in [-0.3, -0.25) is 14.6 Å². The van der Waals surface area contributed by atoms with Crippen molar-refractivity contribution in [1.82, 2.24) is 15.3 Å². The molecular weight excluding hydrogens is 459 g/mol. The average molecular weight is 487 g/mol. The molecule has 1 aromatic carbocycles. The lowest BCUT2D eigenvalue weighted by Crippen LogP contribution is -2.47. The first kappa shape index (κ1) is 25.0. The molecule has 0 aliphatic carbocycles. The van der Waals surface area contributed by atoms with E-state index in [1.54, 1.807) is 45.2 Å². The molecule has 1 aliphatic rings. The zero-order valence-corrected chi connectivity index (χ0v) is 20.4. The molecular formula is C28H27FN4O3. The van der Waals surface area contributed by atoms with Crippen LogP contribution in [0.1, 0.15) is 53.0 Å². The van der Waals surface area contributed by atoms with Gasteiger partial charge in [-0.05, 0) is 68.1 Å². The van der Waals surface area contributed by atoms with Crippen LogP contribution in [-0.2, 0) is 17.6 Å². The number of halogens is 1. The molecule has 2 N–H and O–H groups in total. The lowest BCUT2D eigenvalue weighted by atomic mass is 10.0. The maximum atomic E-state index is 13.9. The highest BCUT2D eigenvalue weighted by molar-refractivity contribution is 6.02. The number of nitrogens with zero attached hydrogens (tertiary/aromatic N) is 3. The molecule has 2 amide bonds. The number of rotatable bonds is 4. The van der Waals surface area contributed by atoms with E-state index >= 15 is 0 Å². The molecule has 8 heteroatoms. The van der Waals surface area contributed by atoms with E-state index in [4.69, 9.17) is 0 Å². The van der Waals surface area contributed by atoms with Gasteiger partial charge in [0, 0.05) is 42.7 Å². The Hall–Kier alpha value is -4.09. The Bertz CT molecular complexity index is 1370. The molecule has 7 nitrogen and oxygen atoms in total. The quantitative estimate of drug-likeness (QED) is 0.437. The zero-order valence-electron chi connectivity index (χ0n) is 20.4. The lowest BCUT2D eigenvalue weighted by molar-refractivity contribution is -0.120. The minimum absolute atomic E-state index is 0.151. The number of likely N-dealkylation sites (N-methyl/N-ethyl adjacent to an activating group) is 1. The topological polar surface area (TPSA) is 95.4 Å². The number of benzene rings is 1. The van der Waals surface area contributed by atoms with Crippen molar-refractivity contribution in [2.24, 2.45) is 0 Å². The molecule has 0 saturated carbocycles. The molecule has 184 valence electrons. The summed E-state index contributed by atoms with van der Waals surface area (Å²) >= 11 is 0. The number of aromatic nitrogens is 2. The Kier molecular flexibility index (Phi) is 7.13. The van der Waals surface area contributed by atoms with Crippen molar-refractivity contribution < 1.29 is 19.1 Å². The largest absolute Gasteiger partial charge is 0.378 e. The van der Waals surface area contributed by atoms with Crippen LogP contribution in [0.2, 0.25) is 0 Å². The van der Waals surface area contributed by atoms with Crippen LogP contribution in [0.4, 0.5) is 10.1 Å². The summed E-state index contributed by atoms with van der Waals surface area (Å²) in [4.78, 5) is 35.5. The minimum atomic E-state index is -1.12. The van der Waals surface area contributed by atoms with Crippen LogP contribution in [0, 0.1) is 17.8 Å². The van der Waals surface area contributed by atoms with Crippen molar-refractivity contribution >= 4 is 17.5 Å². The van der Waals surface area contributed by atoms with E-state index in [2.05, 4.69) is 27.1 Å². The molecule has 0 saturated heterocycles. The number of carbonyl (C=O) groups is 2. The van der Waals surface area contributed by atoms with Crippen molar-refractivity contribution in [1.29, 1.82) is 0 Å². The van der Waals surface area contributed by atoms with E-state index in [-0.39, 0.29) is 18.0 Å². The number of carbonyl (C=O) groups excluding carboxylic acids is 2. The number of pyridine rings is 2. The molecule has 0 fully saturated rings. The third-order valence-corrected chi connectivity index (χ3v) is 5.88. The molecule has 3 heterocycles. The number of amides is 2. The number of nitrogens with one attached hydrogen (secondary N) is 1. The predicted molar refractivity (Wildman–Crippen MR) is 134 cm³/mol. The summed E-state index contributed by atoms with van der Waals surface area (Å²) < 4.78 is 13.9. The second-order valence-electron chi connectivity index (χ2n) is 9.29. The summed E-state index contributed by atoms with van der Waals surface area (Å²) in [5.74, 6) is 4.44. The van der Waals surface area contributed by atoms with Gasteiger partial charge in [-0.25, -0.2) is 4.98 Å². The smallest absolute Gasteiger partial charge is 0.270 e. The number of hydrogen-bond acceptors (Lipinski definition) is 5. The van der Waals surface area contributed by atoms with Crippen molar-refractivity contribution in [3.63, 3.8) is 0 Å². The highest BCUT2D eigenvalue weighted by Crippen LogP contribution is 2.27. The van der Waals surface area contributed by atoms with E-state index in [1.807, 2.05) is 18.2 Å². The van der Waals surface area contributed by atoms with Gasteiger partial charge in [0.15, 0.2) is 0 Å². The predicted octanol–water partition coefficient (Wildman–Crippen LogP) is 3.04. The standard InChI is InChI=1S/C28H27FN4O3/c1-28(2,36)12-10-18-6-7-20-8-9-22(27(35)33(3)24(20)17-18)32-26(34)23-16-19(11-14-30-23)15-21-5-4-13-31-25(21)29/h4-7,11,13-14,16-17,22,36H,8-9,15H2,1-3H3,(H,32,34). The first-order chi connectivity index (χ1) is 17.1. The van der Waals surface area contributed by atoms with E-state index in [1.165, 1.54) is 17.3 Å². The molecule has 1 atom stereocenters. The summed E-state index contributed by atoms with van der Waals surface area (Å²) in [6.07, 6.45) is 4.15. The number of anilines is 1. The Morgan fingerprint density at radius 1 is 1.22 bits per heavy atom. The van der Waals surface area contributed by atoms with Gasteiger partial charge in [0.25, 0.3) is 5.91 Å². The monoisotopic (exact) mass is 486 g/mol. The van der Waals surface area contributed by atoms with E-state index < -0.39 is 23.5 Å². The van der Waals surface area contributed by atoms with Gasteiger partial charge in [0.2, 0.25) is 11.9 Å². The fourth-order valence-electron chi connectivity index (χ4n) is 4.01. The van der Waals surface area contributed by atoms with Crippen molar-refractivity contribution in [3.8, 4) is 11.8 Å². The Labute approximate surface area is 209 Å². The van der Waals surface area contributed by atoms with E-state index in [9.17, 15) is 19.1 Å². The van der Waals surface area contributed by atoms with Gasteiger partial charge in [-0.2, -0.15) is 4.39 Å². The summed E-state index contributed by atoms with van der Waals surface area (Å²) in [5.41, 5.74) is 2.52. The lowest BCUT2D eigenvalue weighted by Gasteiger charge is -2.22. The maximum absolute atomic E-state index is 13.9. The van der Waals surface area contributed by atoms with Gasteiger partial charge in [0.05, 0.1) is 0 Å². The van der Waals surface area contributed by atoms with Crippen molar-refractivity contribution in [2.45, 2.75) is 44.8 Å². The SMILES string of the molecule is CN1C(=O)C(NC(=O)c2cc(Cc3cccnc3F)ccn2)CCc2ccc(C#CC(C)(C)O)cc21. The third kappa shape index (κ3) is 5.93. The van der Waals surface area contributed by atoms with Crippen LogP contribution in [0.15, 0.2) is 54.9 Å². The molecule has 1 aliphatic heterocycles. The normalized spacial score (nSPS) is 15.4. The van der Waals surface area contributed by atoms with Crippen LogP contribution in [-0.4, -0.2) is 45.6 Å². The molecule has 4 rings (SSSR count). The Morgan fingerprint density at radius 2 is 2.03 bits per heavy atom. The van der Waals surface area contributed by atoms with Crippen LogP contribution < -0.4 is 10.2 Å². The highest BCUT2D eigenvalue weighted by Gasteiger charge is 2.30. The van der Waals surface area contributed by atoms with Gasteiger partial charge < -0.3 is 15.3 Å². The highest BCUT2D eigenvalue weighted by atomic mass is 19.1. The zero-order chi connectivity index (χ0) is 25.9. The van der Waals surface area contributed by atoms with E-state index in [0.717, 1.165) is 11.3 Å². The van der Waals surface area contributed by atoms with Crippen LogP contribution in [0.5, 0.6) is 0 Å².